The number of nitrogens with one attached hydrogen (secondary N) is 1. The number of para-hydroxylation sites is 1. The quantitative estimate of drug-likeness (QED) is 0.749. The summed E-state index contributed by atoms with van der Waals surface area (Å²) in [7, 11) is 0. The van der Waals surface area contributed by atoms with Gasteiger partial charge in [-0.2, -0.15) is 0 Å². The lowest BCUT2D eigenvalue weighted by molar-refractivity contribution is 0.0944. The Kier molecular flexibility index (Phi) is 4.73. The first-order chi connectivity index (χ1) is 11.3. The predicted molar refractivity (Wildman–Crippen MR) is 88.6 cm³/mol. The Balaban J connectivity index is 1.74. The molecule has 1 amide bonds. The Labute approximate surface area is 137 Å². The molecule has 118 valence electrons. The van der Waals surface area contributed by atoms with E-state index in [1.807, 2.05) is 37.3 Å². The molecule has 0 bridgehead atoms. The maximum atomic E-state index is 12.2. The van der Waals surface area contributed by atoms with Crippen LogP contribution in [0.25, 0.3) is 10.6 Å². The first-order valence-electron chi connectivity index (χ1n) is 7.26. The van der Waals surface area contributed by atoms with Gasteiger partial charge in [0.15, 0.2) is 0 Å². The van der Waals surface area contributed by atoms with Crippen LogP contribution < -0.4 is 10.1 Å². The van der Waals surface area contributed by atoms with Crippen LogP contribution in [0.3, 0.4) is 0 Å². The summed E-state index contributed by atoms with van der Waals surface area (Å²) in [5, 5.41) is 5.29. The number of thiazole rings is 1. The van der Waals surface area contributed by atoms with Crippen LogP contribution in [-0.4, -0.2) is 17.5 Å². The molecule has 1 aromatic carbocycles. The number of rotatable bonds is 6. The molecule has 0 radical (unpaired) electrons. The molecule has 0 spiro atoms. The normalized spacial score (nSPS) is 10.5. The van der Waals surface area contributed by atoms with Crippen LogP contribution in [0.4, 0.5) is 0 Å². The number of hydrogen-bond acceptors (Lipinski definition) is 5. The first kappa shape index (κ1) is 15.3. The number of carbonyl (C=O) groups is 1. The zero-order valence-corrected chi connectivity index (χ0v) is 13.4. The molecule has 0 saturated heterocycles. The van der Waals surface area contributed by atoms with E-state index < -0.39 is 0 Å². The van der Waals surface area contributed by atoms with Crippen molar-refractivity contribution >= 4 is 17.2 Å². The molecule has 23 heavy (non-hydrogen) atoms. The van der Waals surface area contributed by atoms with Crippen molar-refractivity contribution in [1.29, 1.82) is 0 Å². The number of nitrogens with zero attached hydrogens (tertiary/aromatic N) is 1. The van der Waals surface area contributed by atoms with Crippen LogP contribution >= 0.6 is 11.3 Å². The lowest BCUT2D eigenvalue weighted by Gasteiger charge is -2.07. The van der Waals surface area contributed by atoms with Gasteiger partial charge in [0.2, 0.25) is 0 Å². The number of furan rings is 1. The van der Waals surface area contributed by atoms with Gasteiger partial charge in [0.1, 0.15) is 22.2 Å². The van der Waals surface area contributed by atoms with Crippen LogP contribution in [0.5, 0.6) is 5.75 Å². The lowest BCUT2D eigenvalue weighted by atomic mass is 10.2. The van der Waals surface area contributed by atoms with E-state index in [1.165, 1.54) is 11.3 Å². The molecule has 0 saturated carbocycles. The van der Waals surface area contributed by atoms with E-state index in [0.717, 1.165) is 16.3 Å². The highest BCUT2D eigenvalue weighted by atomic mass is 32.1. The van der Waals surface area contributed by atoms with Crippen molar-refractivity contribution in [3.8, 4) is 16.3 Å². The molecule has 5 nitrogen and oxygen atoms in total. The number of ether oxygens (including phenoxy) is 1. The monoisotopic (exact) mass is 328 g/mol. The fourth-order valence-corrected chi connectivity index (χ4v) is 2.93. The molecule has 2 heterocycles. The molecule has 6 heteroatoms. The summed E-state index contributed by atoms with van der Waals surface area (Å²) >= 11 is 1.42. The van der Waals surface area contributed by atoms with Gasteiger partial charge in [0.05, 0.1) is 25.0 Å². The van der Waals surface area contributed by atoms with Crippen LogP contribution in [-0.2, 0) is 6.54 Å². The maximum Gasteiger partial charge on any atom is 0.271 e. The summed E-state index contributed by atoms with van der Waals surface area (Å²) in [6.45, 7) is 2.86. The number of amides is 1. The number of benzene rings is 1. The topological polar surface area (TPSA) is 64.4 Å². The van der Waals surface area contributed by atoms with E-state index in [4.69, 9.17) is 9.15 Å². The molecule has 3 rings (SSSR count). The smallest absolute Gasteiger partial charge is 0.271 e. The molecular weight excluding hydrogens is 312 g/mol. The summed E-state index contributed by atoms with van der Waals surface area (Å²) in [6, 6.07) is 11.3. The number of carbonyl (C=O) groups excluding carboxylic acids is 1. The van der Waals surface area contributed by atoms with E-state index in [0.29, 0.717) is 24.6 Å². The molecular formula is C17H16N2O3S. The van der Waals surface area contributed by atoms with E-state index >= 15 is 0 Å². The van der Waals surface area contributed by atoms with Gasteiger partial charge in [-0.1, -0.05) is 12.1 Å². The highest BCUT2D eigenvalue weighted by Crippen LogP contribution is 2.32. The second-order valence-electron chi connectivity index (χ2n) is 4.73. The third kappa shape index (κ3) is 3.60. The number of aromatic nitrogens is 1. The molecule has 0 fully saturated rings. The summed E-state index contributed by atoms with van der Waals surface area (Å²) in [5.74, 6) is 1.25. The zero-order valence-electron chi connectivity index (χ0n) is 12.6. The Morgan fingerprint density at radius 3 is 2.96 bits per heavy atom. The van der Waals surface area contributed by atoms with Gasteiger partial charge in [-0.05, 0) is 31.2 Å². The molecule has 0 aliphatic rings. The molecule has 0 atom stereocenters. The van der Waals surface area contributed by atoms with Crippen LogP contribution in [0.2, 0.25) is 0 Å². The second kappa shape index (κ2) is 7.11. The summed E-state index contributed by atoms with van der Waals surface area (Å²) in [4.78, 5) is 16.6. The van der Waals surface area contributed by atoms with Crippen molar-refractivity contribution in [3.05, 3.63) is 59.5 Å². The second-order valence-corrected chi connectivity index (χ2v) is 5.59. The predicted octanol–water partition coefficient (Wildman–Crippen LogP) is 3.73. The SMILES string of the molecule is CCOc1ccccc1-c1nc(C(=O)NCc2ccco2)cs1. The van der Waals surface area contributed by atoms with E-state index in [9.17, 15) is 4.79 Å². The Morgan fingerprint density at radius 1 is 1.30 bits per heavy atom. The van der Waals surface area contributed by atoms with Crippen molar-refractivity contribution < 1.29 is 13.9 Å². The van der Waals surface area contributed by atoms with Gasteiger partial charge in [-0.3, -0.25) is 4.79 Å². The highest BCUT2D eigenvalue weighted by Gasteiger charge is 2.14. The maximum absolute atomic E-state index is 12.2. The Hall–Kier alpha value is -2.60. The van der Waals surface area contributed by atoms with Gasteiger partial charge < -0.3 is 14.5 Å². The zero-order chi connectivity index (χ0) is 16.1. The average Bonchev–Trinajstić information content (AvgIpc) is 3.25. The fourth-order valence-electron chi connectivity index (χ4n) is 2.10. The van der Waals surface area contributed by atoms with E-state index in [-0.39, 0.29) is 5.91 Å². The molecule has 0 aliphatic heterocycles. The summed E-state index contributed by atoms with van der Waals surface area (Å²) in [5.41, 5.74) is 1.28. The fraction of sp³-hybridized carbons (Fsp3) is 0.176. The first-order valence-corrected chi connectivity index (χ1v) is 8.14. The minimum atomic E-state index is -0.224. The van der Waals surface area contributed by atoms with Crippen LogP contribution in [0, 0.1) is 0 Å². The molecule has 2 aromatic heterocycles. The third-order valence-corrected chi connectivity index (χ3v) is 4.03. The highest BCUT2D eigenvalue weighted by molar-refractivity contribution is 7.13. The van der Waals surface area contributed by atoms with Gasteiger partial charge in [0.25, 0.3) is 5.91 Å². The van der Waals surface area contributed by atoms with Gasteiger partial charge in [-0.15, -0.1) is 11.3 Å². The molecule has 0 unspecified atom stereocenters. The summed E-state index contributed by atoms with van der Waals surface area (Å²) < 4.78 is 10.8. The van der Waals surface area contributed by atoms with Crippen LogP contribution in [0.1, 0.15) is 23.2 Å². The Morgan fingerprint density at radius 2 is 2.17 bits per heavy atom. The Bertz CT molecular complexity index is 781. The van der Waals surface area contributed by atoms with Crippen molar-refractivity contribution in [2.24, 2.45) is 0 Å². The minimum Gasteiger partial charge on any atom is -0.493 e. The van der Waals surface area contributed by atoms with Crippen molar-refractivity contribution in [1.82, 2.24) is 10.3 Å². The number of hydrogen-bond donors (Lipinski definition) is 1. The van der Waals surface area contributed by atoms with Gasteiger partial charge >= 0.3 is 0 Å². The average molecular weight is 328 g/mol. The molecule has 1 N–H and O–H groups in total. The third-order valence-electron chi connectivity index (χ3n) is 3.16. The summed E-state index contributed by atoms with van der Waals surface area (Å²) in [6.07, 6.45) is 1.58. The van der Waals surface area contributed by atoms with Gasteiger partial charge in [-0.25, -0.2) is 4.98 Å². The van der Waals surface area contributed by atoms with E-state index in [2.05, 4.69) is 10.3 Å². The molecule has 0 aliphatic carbocycles. The lowest BCUT2D eigenvalue weighted by Crippen LogP contribution is -2.22. The van der Waals surface area contributed by atoms with Crippen molar-refractivity contribution in [2.45, 2.75) is 13.5 Å². The van der Waals surface area contributed by atoms with E-state index in [1.54, 1.807) is 17.7 Å². The standard InChI is InChI=1S/C17H16N2O3S/c1-2-21-15-8-4-3-7-13(15)17-19-14(11-23-17)16(20)18-10-12-6-5-9-22-12/h3-9,11H,2,10H2,1H3,(H,18,20). The minimum absolute atomic E-state index is 0.224. The van der Waals surface area contributed by atoms with Gasteiger partial charge in [0, 0.05) is 5.38 Å². The van der Waals surface area contributed by atoms with Crippen molar-refractivity contribution in [3.63, 3.8) is 0 Å². The molecule has 3 aromatic rings. The van der Waals surface area contributed by atoms with Crippen LogP contribution in [0.15, 0.2) is 52.5 Å². The largest absolute Gasteiger partial charge is 0.493 e. The van der Waals surface area contributed by atoms with Crippen molar-refractivity contribution in [2.75, 3.05) is 6.61 Å².